The third kappa shape index (κ3) is 5.73. The van der Waals surface area contributed by atoms with Crippen LogP contribution in [0.1, 0.15) is 5.69 Å². The monoisotopic (exact) mass is 584 g/mol. The molecule has 2 aromatic heterocycles. The number of β-lactam (4-membered cyclic amide) rings is 1. The molecule has 0 spiro atoms. The van der Waals surface area contributed by atoms with Crippen LogP contribution in [0.4, 0.5) is 5.13 Å². The van der Waals surface area contributed by atoms with Crippen LogP contribution in [0.3, 0.4) is 0 Å². The molecule has 0 saturated carbocycles. The highest BCUT2D eigenvalue weighted by atomic mass is 32.2. The number of rotatable bonds is 11. The second kappa shape index (κ2) is 11.2. The molecule has 194 valence electrons. The maximum absolute atomic E-state index is 13.0. The molecule has 37 heavy (non-hydrogen) atoms. The van der Waals surface area contributed by atoms with E-state index in [-0.39, 0.29) is 16.5 Å². The Hall–Kier alpha value is -3.55. The van der Waals surface area contributed by atoms with Crippen molar-refractivity contribution in [1.82, 2.24) is 30.6 Å². The number of carbonyl (C=O) groups is 4. The molecule has 2 aliphatic rings. The summed E-state index contributed by atoms with van der Waals surface area (Å²) >= 11 is 4.92. The first-order chi connectivity index (χ1) is 17.7. The van der Waals surface area contributed by atoms with Crippen molar-refractivity contribution in [3.63, 3.8) is 0 Å². The number of hydrogen-bond donors (Lipinski definition) is 5. The van der Waals surface area contributed by atoms with Crippen LogP contribution in [0.15, 0.2) is 44.7 Å². The van der Waals surface area contributed by atoms with Crippen molar-refractivity contribution in [3.8, 4) is 0 Å². The number of carboxylic acids is 2. The number of nitrogens with zero attached hydrogens (tertiary/aromatic N) is 5. The van der Waals surface area contributed by atoms with Crippen molar-refractivity contribution < 1.29 is 34.2 Å². The number of thioether (sulfide) groups is 3. The lowest BCUT2D eigenvalue weighted by atomic mass is 10.0. The standard InChI is InChI=1S/C18H16N8O7S4/c1-6(16(29)30)33-24-10(7-3-35-18(19)21-7)13(27)22-11-14(28)26-12(17(31)32)8(4-34-15(11)26)36-5-37-9-2-20-25-23-9/h2-3,11,15H,1,4-5H2,(H2,19,21)(H,22,27)(H,29,30)(H,31,32)(H,20,23,25)/t11-,15+/m1/s1. The lowest BCUT2D eigenvalue weighted by Gasteiger charge is -2.49. The van der Waals surface area contributed by atoms with E-state index >= 15 is 0 Å². The predicted molar refractivity (Wildman–Crippen MR) is 135 cm³/mol. The van der Waals surface area contributed by atoms with Gasteiger partial charge in [-0.25, -0.2) is 14.6 Å². The number of anilines is 1. The van der Waals surface area contributed by atoms with Crippen LogP contribution in [0.2, 0.25) is 0 Å². The second-order valence-corrected chi connectivity index (χ2v) is 11.4. The van der Waals surface area contributed by atoms with Crippen LogP contribution in [0, 0.1) is 0 Å². The van der Waals surface area contributed by atoms with Crippen LogP contribution in [-0.2, 0) is 24.0 Å². The van der Waals surface area contributed by atoms with E-state index in [1.165, 1.54) is 46.9 Å². The smallest absolute Gasteiger partial charge is 0.374 e. The molecule has 0 aliphatic carbocycles. The van der Waals surface area contributed by atoms with E-state index in [0.717, 1.165) is 16.2 Å². The molecule has 2 amide bonds. The minimum atomic E-state index is -1.49. The summed E-state index contributed by atoms with van der Waals surface area (Å²) in [7, 11) is 0. The van der Waals surface area contributed by atoms with Gasteiger partial charge in [-0.15, -0.1) is 40.0 Å². The van der Waals surface area contributed by atoms with Crippen molar-refractivity contribution in [3.05, 3.63) is 40.2 Å². The Kier molecular flexibility index (Phi) is 8.05. The average molecular weight is 585 g/mol. The Morgan fingerprint density at radius 1 is 1.38 bits per heavy atom. The molecule has 1 saturated heterocycles. The van der Waals surface area contributed by atoms with Crippen molar-refractivity contribution in [1.29, 1.82) is 0 Å². The Labute approximate surface area is 224 Å². The highest BCUT2D eigenvalue weighted by Gasteiger charge is 2.54. The number of fused-ring (bicyclic) bond motifs is 1. The van der Waals surface area contributed by atoms with Gasteiger partial charge in [-0.05, 0) is 6.58 Å². The molecule has 2 aromatic rings. The molecule has 2 aliphatic heterocycles. The maximum Gasteiger partial charge on any atom is 0.374 e. The van der Waals surface area contributed by atoms with Gasteiger partial charge >= 0.3 is 11.9 Å². The number of amides is 2. The number of carboxylic acid groups (broad SMARTS) is 2. The largest absolute Gasteiger partial charge is 0.477 e. The third-order valence-corrected chi connectivity index (χ3v) is 8.98. The number of thiazole rings is 1. The van der Waals surface area contributed by atoms with E-state index in [1.54, 1.807) is 0 Å². The number of carbonyl (C=O) groups excluding carboxylic acids is 2. The van der Waals surface area contributed by atoms with Crippen LogP contribution in [-0.4, -0.2) is 87.2 Å². The first kappa shape index (κ1) is 26.5. The van der Waals surface area contributed by atoms with E-state index in [2.05, 4.69) is 37.4 Å². The number of oxime groups is 1. The molecule has 0 unspecified atom stereocenters. The van der Waals surface area contributed by atoms with Gasteiger partial charge in [0, 0.05) is 16.0 Å². The van der Waals surface area contributed by atoms with Crippen molar-refractivity contribution in [2.24, 2.45) is 5.16 Å². The quantitative estimate of drug-likeness (QED) is 0.0457. The van der Waals surface area contributed by atoms with E-state index in [1.807, 2.05) is 0 Å². The van der Waals surface area contributed by atoms with Gasteiger partial charge in [0.15, 0.2) is 10.8 Å². The molecule has 2 atom stereocenters. The number of aromatic amines is 1. The summed E-state index contributed by atoms with van der Waals surface area (Å²) in [6.45, 7) is 3.17. The number of aliphatic carboxylic acids is 2. The molecule has 4 heterocycles. The zero-order valence-corrected chi connectivity index (χ0v) is 21.6. The van der Waals surface area contributed by atoms with Gasteiger partial charge < -0.3 is 26.1 Å². The van der Waals surface area contributed by atoms with Gasteiger partial charge in [0.1, 0.15) is 27.8 Å². The molecule has 15 nitrogen and oxygen atoms in total. The lowest BCUT2D eigenvalue weighted by molar-refractivity contribution is -0.150. The Morgan fingerprint density at radius 2 is 2.16 bits per heavy atom. The molecular formula is C18H16N8O7S4. The van der Waals surface area contributed by atoms with E-state index in [4.69, 9.17) is 15.7 Å². The molecule has 4 rings (SSSR count). The van der Waals surface area contributed by atoms with Crippen LogP contribution in [0.5, 0.6) is 0 Å². The summed E-state index contributed by atoms with van der Waals surface area (Å²) in [5.74, 6) is -4.73. The molecule has 1 fully saturated rings. The van der Waals surface area contributed by atoms with Crippen LogP contribution >= 0.6 is 46.6 Å². The average Bonchev–Trinajstić information content (AvgIpc) is 3.53. The molecule has 0 aromatic carbocycles. The van der Waals surface area contributed by atoms with Gasteiger partial charge in [0.05, 0.1) is 11.3 Å². The Morgan fingerprint density at radius 3 is 2.78 bits per heavy atom. The van der Waals surface area contributed by atoms with E-state index in [0.29, 0.717) is 20.8 Å². The molecular weight excluding hydrogens is 569 g/mol. The highest BCUT2D eigenvalue weighted by Crippen LogP contribution is 2.44. The molecule has 19 heteroatoms. The first-order valence-electron chi connectivity index (χ1n) is 9.89. The zero-order valence-electron chi connectivity index (χ0n) is 18.3. The van der Waals surface area contributed by atoms with Gasteiger partial charge in [-0.1, -0.05) is 16.9 Å². The Balaban J connectivity index is 1.48. The Bertz CT molecular complexity index is 1330. The summed E-state index contributed by atoms with van der Waals surface area (Å²) in [6, 6.07) is -1.06. The van der Waals surface area contributed by atoms with Crippen molar-refractivity contribution >= 4 is 81.2 Å². The summed E-state index contributed by atoms with van der Waals surface area (Å²) < 4.78 is 0. The lowest BCUT2D eigenvalue weighted by Crippen LogP contribution is -2.71. The van der Waals surface area contributed by atoms with Gasteiger partial charge in [0.2, 0.25) is 5.76 Å². The van der Waals surface area contributed by atoms with Crippen molar-refractivity contribution in [2.75, 3.05) is 16.6 Å². The molecule has 6 N–H and O–H groups in total. The summed E-state index contributed by atoms with van der Waals surface area (Å²) in [4.78, 5) is 59.2. The maximum atomic E-state index is 13.0. The summed E-state index contributed by atoms with van der Waals surface area (Å²) in [6.07, 6.45) is 1.54. The normalized spacial score (nSPS) is 19.2. The zero-order chi connectivity index (χ0) is 26.7. The van der Waals surface area contributed by atoms with E-state index in [9.17, 15) is 24.3 Å². The van der Waals surface area contributed by atoms with Crippen LogP contribution < -0.4 is 11.1 Å². The first-order valence-corrected chi connectivity index (χ1v) is 13.8. The van der Waals surface area contributed by atoms with Gasteiger partial charge in [-0.2, -0.15) is 10.3 Å². The number of nitrogens with one attached hydrogen (secondary N) is 2. The number of hydrogen-bond acceptors (Lipinski definition) is 14. The number of H-pyrrole nitrogens is 1. The minimum absolute atomic E-state index is 0.00691. The fourth-order valence-electron chi connectivity index (χ4n) is 3.07. The summed E-state index contributed by atoms with van der Waals surface area (Å²) in [5.41, 5.74) is 5.03. The number of nitrogen functional groups attached to an aromatic ring is 1. The number of aromatic nitrogens is 4. The SMILES string of the molecule is C=C(ON=C(C(=O)N[C@@H]1C(=O)N2C(C(=O)O)=C(SCSc3cn[nH]n3)CS[C@@H]12)c1csc(N)n1)C(=O)O. The molecule has 0 radical (unpaired) electrons. The topological polar surface area (TPSA) is 226 Å². The van der Waals surface area contributed by atoms with Gasteiger partial charge in [-0.3, -0.25) is 14.5 Å². The van der Waals surface area contributed by atoms with Gasteiger partial charge in [0.25, 0.3) is 11.8 Å². The van der Waals surface area contributed by atoms with E-state index < -0.39 is 46.6 Å². The fraction of sp³-hybridized carbons (Fsp3) is 0.222. The fourth-order valence-corrected chi connectivity index (χ4v) is 7.20. The third-order valence-electron chi connectivity index (χ3n) is 4.72. The van der Waals surface area contributed by atoms with Crippen molar-refractivity contribution in [2.45, 2.75) is 16.4 Å². The summed E-state index contributed by atoms with van der Waals surface area (Å²) in [5, 5.41) is 36.8. The minimum Gasteiger partial charge on any atom is -0.477 e. The highest BCUT2D eigenvalue weighted by molar-refractivity contribution is 8.18. The number of nitrogens with two attached hydrogens (primary N) is 1. The molecule has 0 bridgehead atoms. The van der Waals surface area contributed by atoms with Crippen LogP contribution in [0.25, 0.3) is 0 Å². The predicted octanol–water partition coefficient (Wildman–Crippen LogP) is 0.342. The second-order valence-electron chi connectivity index (χ2n) is 6.98.